The first-order valence-electron chi connectivity index (χ1n) is 16.6. The Bertz CT molecular complexity index is 1740. The monoisotopic (exact) mass is 640 g/mol. The number of fused-ring (bicyclic) bond motifs is 3. The number of allylic oxidation sites excluding steroid dienone is 1. The van der Waals surface area contributed by atoms with Crippen LogP contribution < -0.4 is 14.8 Å². The van der Waals surface area contributed by atoms with Gasteiger partial charge in [-0.2, -0.15) is 0 Å². The molecule has 47 heavy (non-hydrogen) atoms. The molecule has 248 valence electrons. The molecule has 0 radical (unpaired) electrons. The quantitative estimate of drug-likeness (QED) is 0.330. The van der Waals surface area contributed by atoms with E-state index in [1.165, 1.54) is 0 Å². The number of hydrogen-bond donors (Lipinski definition) is 2. The van der Waals surface area contributed by atoms with Crippen LogP contribution in [0, 0.1) is 24.7 Å². The molecule has 0 bridgehead atoms. The predicted octanol–water partition coefficient (Wildman–Crippen LogP) is 5.67. The highest BCUT2D eigenvalue weighted by Gasteiger charge is 2.61. The molecule has 2 aromatic heterocycles. The van der Waals surface area contributed by atoms with Crippen LogP contribution in [-0.4, -0.2) is 70.1 Å². The molecule has 5 atom stereocenters. The van der Waals surface area contributed by atoms with Gasteiger partial charge in [0.15, 0.2) is 0 Å². The van der Waals surface area contributed by atoms with E-state index in [0.717, 1.165) is 41.4 Å². The number of hydrogen-bond acceptors (Lipinski definition) is 7. The Morgan fingerprint density at radius 1 is 1.06 bits per heavy atom. The van der Waals surface area contributed by atoms with Crippen LogP contribution >= 0.6 is 0 Å². The van der Waals surface area contributed by atoms with Crippen molar-refractivity contribution in [2.24, 2.45) is 17.8 Å². The van der Waals surface area contributed by atoms with Gasteiger partial charge in [0.05, 0.1) is 35.9 Å². The molecule has 3 heterocycles. The summed E-state index contributed by atoms with van der Waals surface area (Å²) in [6, 6.07) is 11.6. The van der Waals surface area contributed by atoms with E-state index in [2.05, 4.69) is 19.2 Å². The molecule has 2 fully saturated rings. The number of carboxylic acid groups (broad SMARTS) is 1. The highest BCUT2D eigenvalue weighted by atomic mass is 16.5. The van der Waals surface area contributed by atoms with Gasteiger partial charge in [0.1, 0.15) is 23.1 Å². The van der Waals surface area contributed by atoms with E-state index in [1.54, 1.807) is 19.1 Å². The fourth-order valence-corrected chi connectivity index (χ4v) is 7.12. The molecule has 6 rings (SSSR count). The second-order valence-corrected chi connectivity index (χ2v) is 13.6. The predicted molar refractivity (Wildman–Crippen MR) is 178 cm³/mol. The molecule has 2 N–H and O–H groups in total. The van der Waals surface area contributed by atoms with Crippen LogP contribution in [0.4, 0.5) is 0 Å². The Morgan fingerprint density at radius 2 is 1.85 bits per heavy atom. The number of pyridine rings is 2. The van der Waals surface area contributed by atoms with E-state index in [9.17, 15) is 19.5 Å². The number of rotatable bonds is 6. The summed E-state index contributed by atoms with van der Waals surface area (Å²) < 4.78 is 12.3. The van der Waals surface area contributed by atoms with Gasteiger partial charge in [-0.15, -0.1) is 0 Å². The van der Waals surface area contributed by atoms with Crippen molar-refractivity contribution in [2.45, 2.75) is 76.9 Å². The number of carbonyl (C=O) groups is 3. The largest absolute Gasteiger partial charge is 0.496 e. The fraction of sp³-hybridized carbons (Fsp3) is 0.486. The lowest BCUT2D eigenvalue weighted by molar-refractivity contribution is -0.145. The smallest absolute Gasteiger partial charge is 0.330 e. The van der Waals surface area contributed by atoms with Gasteiger partial charge in [0, 0.05) is 42.2 Å². The summed E-state index contributed by atoms with van der Waals surface area (Å²) in [5.74, 6) is -1.67. The van der Waals surface area contributed by atoms with Crippen molar-refractivity contribution in [2.75, 3.05) is 20.7 Å². The molecule has 2 aliphatic carbocycles. The van der Waals surface area contributed by atoms with Gasteiger partial charge in [-0.25, -0.2) is 9.78 Å². The molecule has 0 saturated heterocycles. The van der Waals surface area contributed by atoms with Crippen molar-refractivity contribution in [3.05, 3.63) is 59.8 Å². The average molecular weight is 641 g/mol. The lowest BCUT2D eigenvalue weighted by Gasteiger charge is -2.26. The van der Waals surface area contributed by atoms with Crippen LogP contribution in [0.2, 0.25) is 0 Å². The van der Waals surface area contributed by atoms with Gasteiger partial charge in [-0.05, 0) is 75.6 Å². The first kappa shape index (κ1) is 32.5. The number of aliphatic carboxylic acids is 1. The van der Waals surface area contributed by atoms with Crippen LogP contribution in [0.1, 0.15) is 69.5 Å². The van der Waals surface area contributed by atoms with Crippen LogP contribution in [0.25, 0.3) is 22.3 Å². The molecule has 10 nitrogen and oxygen atoms in total. The fourth-order valence-electron chi connectivity index (χ4n) is 7.12. The number of amides is 2. The molecule has 0 spiro atoms. The van der Waals surface area contributed by atoms with Crippen LogP contribution in [0.5, 0.6) is 11.5 Å². The summed E-state index contributed by atoms with van der Waals surface area (Å²) >= 11 is 0. The topological polar surface area (TPSA) is 131 Å². The Morgan fingerprint density at radius 3 is 2.60 bits per heavy atom. The lowest BCUT2D eigenvalue weighted by atomic mass is 9.93. The van der Waals surface area contributed by atoms with Gasteiger partial charge >= 0.3 is 5.97 Å². The molecule has 1 aliphatic heterocycles. The van der Waals surface area contributed by atoms with E-state index >= 15 is 0 Å². The summed E-state index contributed by atoms with van der Waals surface area (Å²) in [6.07, 6.45) is 6.93. The van der Waals surface area contributed by atoms with Crippen LogP contribution in [-0.2, 0) is 14.4 Å². The summed E-state index contributed by atoms with van der Waals surface area (Å²) in [5.41, 5.74) is 2.56. The number of ether oxygens (including phenoxy) is 2. The number of benzene rings is 1. The summed E-state index contributed by atoms with van der Waals surface area (Å²) in [5, 5.41) is 13.7. The van der Waals surface area contributed by atoms with E-state index in [4.69, 9.17) is 19.4 Å². The molecule has 3 aliphatic rings. The number of carbonyl (C=O) groups excluding carboxylic acids is 2. The first-order valence-corrected chi connectivity index (χ1v) is 16.6. The van der Waals surface area contributed by atoms with Crippen LogP contribution in [0.3, 0.4) is 0 Å². The minimum Gasteiger partial charge on any atom is -0.496 e. The minimum absolute atomic E-state index is 0.115. The molecule has 1 aromatic carbocycles. The molecular weight excluding hydrogens is 596 g/mol. The zero-order valence-corrected chi connectivity index (χ0v) is 27.8. The summed E-state index contributed by atoms with van der Waals surface area (Å²) in [4.78, 5) is 51.6. The summed E-state index contributed by atoms with van der Waals surface area (Å²) in [6.45, 7) is 6.73. The van der Waals surface area contributed by atoms with Crippen LogP contribution in [0.15, 0.2) is 48.6 Å². The maximum Gasteiger partial charge on any atom is 0.330 e. The molecular formula is C37H44N4O6. The van der Waals surface area contributed by atoms with Gasteiger partial charge in [-0.3, -0.25) is 14.6 Å². The van der Waals surface area contributed by atoms with Crippen molar-refractivity contribution >= 4 is 28.7 Å². The van der Waals surface area contributed by atoms with Crippen molar-refractivity contribution < 1.29 is 29.0 Å². The normalized spacial score (nSPS) is 26.4. The molecule has 10 heteroatoms. The average Bonchev–Trinajstić information content (AvgIpc) is 3.59. The van der Waals surface area contributed by atoms with Crippen molar-refractivity contribution in [3.63, 3.8) is 0 Å². The zero-order valence-electron chi connectivity index (χ0n) is 27.8. The van der Waals surface area contributed by atoms with Crippen molar-refractivity contribution in [1.29, 1.82) is 0 Å². The second kappa shape index (κ2) is 13.0. The van der Waals surface area contributed by atoms with E-state index in [0.29, 0.717) is 42.3 Å². The Balaban J connectivity index is 1.36. The third kappa shape index (κ3) is 6.30. The van der Waals surface area contributed by atoms with Gasteiger partial charge in [-0.1, -0.05) is 32.1 Å². The van der Waals surface area contributed by atoms with Crippen molar-refractivity contribution in [1.82, 2.24) is 20.2 Å². The van der Waals surface area contributed by atoms with Crippen molar-refractivity contribution in [3.8, 4) is 22.9 Å². The third-order valence-electron chi connectivity index (χ3n) is 10.1. The number of nitrogens with zero attached hydrogens (tertiary/aromatic N) is 3. The van der Waals surface area contributed by atoms with Gasteiger partial charge in [0.25, 0.3) is 0 Å². The Kier molecular flexibility index (Phi) is 8.96. The maximum atomic E-state index is 13.9. The Hall–Kier alpha value is -4.47. The lowest BCUT2D eigenvalue weighted by Crippen LogP contribution is -2.49. The van der Waals surface area contributed by atoms with E-state index in [-0.39, 0.29) is 24.2 Å². The van der Waals surface area contributed by atoms with Gasteiger partial charge < -0.3 is 24.8 Å². The molecule has 2 amide bonds. The summed E-state index contributed by atoms with van der Waals surface area (Å²) in [7, 11) is 3.40. The maximum absolute atomic E-state index is 13.9. The standard InChI is InChI=1S/C37H44N4O6/c1-21(2)28-12-10-13-29(38-28)30-19-32(25-14-15-31(46-5)22(3)33(25)39-30)47-24-17-26-27(18-24)35(43)41(4)16-9-7-6-8-11-23-20-37(23,36(44)45)40-34(26)42/h8,10-15,19,21,23-24,26-27H,6-7,9,16-18,20H2,1-5H3,(H,40,42)(H,44,45)/t23-,24-,26-,27-,37?/m1/s1. The van der Waals surface area contributed by atoms with E-state index < -0.39 is 35.4 Å². The third-order valence-corrected chi connectivity index (χ3v) is 10.1. The first-order chi connectivity index (χ1) is 22.5. The minimum atomic E-state index is -1.33. The number of carboxylic acids is 1. The van der Waals surface area contributed by atoms with E-state index in [1.807, 2.05) is 55.5 Å². The number of nitrogens with one attached hydrogen (secondary N) is 1. The second-order valence-electron chi connectivity index (χ2n) is 13.6. The SMILES string of the molecule is COc1ccc2c(O[C@@H]3C[C@H]4C(=O)NC5(C(=O)O)C[C@H]5C=CCCCCN(C)C(=O)[C@@H]4C3)cc(-c3cccc(C(C)C)n3)nc2c1C. The number of aryl methyl sites for hydroxylation is 1. The molecule has 2 saturated carbocycles. The highest BCUT2D eigenvalue weighted by molar-refractivity contribution is 5.94. The van der Waals surface area contributed by atoms with Gasteiger partial charge in [0.2, 0.25) is 11.8 Å². The molecule has 1 unspecified atom stereocenters. The molecule has 3 aromatic rings. The number of methoxy groups -OCH3 is 1. The Labute approximate surface area is 275 Å². The number of aromatic nitrogens is 2. The zero-order chi connectivity index (χ0) is 33.5. The highest BCUT2D eigenvalue weighted by Crippen LogP contribution is 2.47.